The minimum atomic E-state index is -3.28. The maximum Gasteiger partial charge on any atom is 0.309 e. The van der Waals surface area contributed by atoms with Gasteiger partial charge in [-0.3, -0.25) is 4.79 Å². The van der Waals surface area contributed by atoms with E-state index in [0.29, 0.717) is 5.56 Å². The number of hydrogen-bond donors (Lipinski definition) is 1. The molecule has 6 heteroatoms. The highest BCUT2D eigenvalue weighted by atomic mass is 79.9. The third-order valence-corrected chi connectivity index (χ3v) is 5.41. The van der Waals surface area contributed by atoms with E-state index in [2.05, 4.69) is 15.9 Å². The van der Waals surface area contributed by atoms with Gasteiger partial charge in [0.2, 0.25) is 0 Å². The number of aliphatic carboxylic acids is 1. The molecule has 0 saturated carbocycles. The van der Waals surface area contributed by atoms with Crippen molar-refractivity contribution in [3.8, 4) is 0 Å². The Morgan fingerprint density at radius 3 is 2.31 bits per heavy atom. The molecule has 0 amide bonds. The molecular formula is C10H9BrO4S. The minimum Gasteiger partial charge on any atom is -0.481 e. The lowest BCUT2D eigenvalue weighted by molar-refractivity contribution is -0.141. The van der Waals surface area contributed by atoms with E-state index < -0.39 is 27.0 Å². The molecule has 1 N–H and O–H groups in total. The van der Waals surface area contributed by atoms with Crippen molar-refractivity contribution in [2.75, 3.05) is 5.75 Å². The zero-order valence-corrected chi connectivity index (χ0v) is 10.5. The Hall–Kier alpha value is -0.880. The van der Waals surface area contributed by atoms with Crippen LogP contribution in [0.1, 0.15) is 10.8 Å². The monoisotopic (exact) mass is 304 g/mol. The third-order valence-electron chi connectivity index (χ3n) is 2.68. The Bertz CT molecular complexity index is 520. The van der Waals surface area contributed by atoms with Gasteiger partial charge in [0.15, 0.2) is 9.84 Å². The quantitative estimate of drug-likeness (QED) is 0.901. The van der Waals surface area contributed by atoms with Crippen LogP contribution in [0.3, 0.4) is 0 Å². The smallest absolute Gasteiger partial charge is 0.309 e. The highest BCUT2D eigenvalue weighted by Crippen LogP contribution is 2.42. The van der Waals surface area contributed by atoms with Crippen molar-refractivity contribution in [3.05, 3.63) is 34.3 Å². The molecule has 4 nitrogen and oxygen atoms in total. The average Bonchev–Trinajstić information content (AvgIpc) is 2.18. The summed E-state index contributed by atoms with van der Waals surface area (Å²) < 4.78 is 23.9. The summed E-state index contributed by atoms with van der Waals surface area (Å²) in [6.07, 6.45) is 0. The van der Waals surface area contributed by atoms with Crippen molar-refractivity contribution in [3.63, 3.8) is 0 Å². The van der Waals surface area contributed by atoms with Crippen LogP contribution < -0.4 is 0 Å². The largest absolute Gasteiger partial charge is 0.481 e. The van der Waals surface area contributed by atoms with Crippen molar-refractivity contribution in [2.24, 2.45) is 5.92 Å². The molecule has 0 bridgehead atoms. The van der Waals surface area contributed by atoms with Crippen molar-refractivity contribution in [1.29, 1.82) is 0 Å². The van der Waals surface area contributed by atoms with Gasteiger partial charge in [-0.1, -0.05) is 28.1 Å². The zero-order chi connectivity index (χ0) is 11.9. The fraction of sp³-hybridized carbons (Fsp3) is 0.300. The van der Waals surface area contributed by atoms with Crippen molar-refractivity contribution in [1.82, 2.24) is 0 Å². The Morgan fingerprint density at radius 1 is 1.31 bits per heavy atom. The number of halogens is 1. The summed E-state index contributed by atoms with van der Waals surface area (Å²) in [6, 6.07) is 6.70. The lowest BCUT2D eigenvalue weighted by Gasteiger charge is -2.33. The van der Waals surface area contributed by atoms with Crippen LogP contribution >= 0.6 is 15.9 Å². The van der Waals surface area contributed by atoms with Crippen LogP contribution in [0.4, 0.5) is 0 Å². The standard InChI is InChI=1S/C10H9BrO4S/c11-7-3-1-6(2-4-7)9-8(10(12)13)5-16(9,14)15/h1-4,8-9H,5H2,(H,12,13). The summed E-state index contributed by atoms with van der Waals surface area (Å²) in [4.78, 5) is 10.8. The predicted octanol–water partition coefficient (Wildman–Crippen LogP) is 1.62. The van der Waals surface area contributed by atoms with Gasteiger partial charge in [-0.05, 0) is 17.7 Å². The molecule has 86 valence electrons. The zero-order valence-electron chi connectivity index (χ0n) is 8.13. The molecular weight excluding hydrogens is 296 g/mol. The fourth-order valence-corrected chi connectivity index (χ4v) is 4.10. The van der Waals surface area contributed by atoms with Crippen LogP contribution in [-0.2, 0) is 14.6 Å². The third kappa shape index (κ3) is 1.87. The van der Waals surface area contributed by atoms with Crippen molar-refractivity contribution < 1.29 is 18.3 Å². The molecule has 0 aromatic heterocycles. The summed E-state index contributed by atoms with van der Waals surface area (Å²) in [5, 5.41) is 7.99. The molecule has 1 aliphatic rings. The summed E-state index contributed by atoms with van der Waals surface area (Å²) in [7, 11) is -3.28. The highest BCUT2D eigenvalue weighted by Gasteiger charge is 2.50. The first-order chi connectivity index (χ1) is 7.42. The summed E-state index contributed by atoms with van der Waals surface area (Å²) in [5.74, 6) is -2.13. The van der Waals surface area contributed by atoms with Crippen LogP contribution in [0.5, 0.6) is 0 Å². The number of benzene rings is 1. The molecule has 0 radical (unpaired) electrons. The number of carboxylic acids is 1. The van der Waals surface area contributed by atoms with E-state index in [1.54, 1.807) is 24.3 Å². The molecule has 1 aromatic carbocycles. The molecule has 0 aliphatic carbocycles. The Kier molecular flexibility index (Phi) is 2.79. The molecule has 0 spiro atoms. The maximum atomic E-state index is 11.5. The first kappa shape index (κ1) is 11.6. The van der Waals surface area contributed by atoms with Gasteiger partial charge in [0, 0.05) is 4.47 Å². The van der Waals surface area contributed by atoms with Crippen LogP contribution in [0.15, 0.2) is 28.7 Å². The lowest BCUT2D eigenvalue weighted by Crippen LogP contribution is -2.44. The molecule has 2 unspecified atom stereocenters. The van der Waals surface area contributed by atoms with E-state index in [0.717, 1.165) is 4.47 Å². The Morgan fingerprint density at radius 2 is 1.88 bits per heavy atom. The van der Waals surface area contributed by atoms with Gasteiger partial charge < -0.3 is 5.11 Å². The van der Waals surface area contributed by atoms with Gasteiger partial charge in [-0.2, -0.15) is 0 Å². The van der Waals surface area contributed by atoms with Gasteiger partial charge in [0.1, 0.15) is 5.25 Å². The Balaban J connectivity index is 2.38. The summed E-state index contributed by atoms with van der Waals surface area (Å²) >= 11 is 3.24. The van der Waals surface area contributed by atoms with E-state index in [-0.39, 0.29) is 5.75 Å². The number of rotatable bonds is 2. The van der Waals surface area contributed by atoms with Gasteiger partial charge in [0.25, 0.3) is 0 Å². The van der Waals surface area contributed by atoms with Crippen molar-refractivity contribution in [2.45, 2.75) is 5.25 Å². The summed E-state index contributed by atoms with van der Waals surface area (Å²) in [6.45, 7) is 0. The number of carbonyl (C=O) groups is 1. The highest BCUT2D eigenvalue weighted by molar-refractivity contribution is 9.10. The predicted molar refractivity (Wildman–Crippen MR) is 61.8 cm³/mol. The van der Waals surface area contributed by atoms with Crippen molar-refractivity contribution >= 4 is 31.7 Å². The SMILES string of the molecule is O=C(O)C1CS(=O)(=O)C1c1ccc(Br)cc1. The second kappa shape index (κ2) is 3.85. The first-order valence-electron chi connectivity index (χ1n) is 4.61. The summed E-state index contributed by atoms with van der Waals surface area (Å²) in [5.41, 5.74) is 0.543. The molecule has 1 aromatic rings. The molecule has 2 atom stereocenters. The van der Waals surface area contributed by atoms with Crippen LogP contribution in [0.25, 0.3) is 0 Å². The number of sulfone groups is 1. The maximum absolute atomic E-state index is 11.5. The van der Waals surface area contributed by atoms with Crippen LogP contribution in [0.2, 0.25) is 0 Å². The number of hydrogen-bond acceptors (Lipinski definition) is 3. The molecule has 16 heavy (non-hydrogen) atoms. The van der Waals surface area contributed by atoms with E-state index in [9.17, 15) is 13.2 Å². The molecule has 1 saturated heterocycles. The molecule has 1 heterocycles. The number of carboxylic acid groups (broad SMARTS) is 1. The van der Waals surface area contributed by atoms with Crippen LogP contribution in [0, 0.1) is 5.92 Å². The second-order valence-corrected chi connectivity index (χ2v) is 6.83. The lowest BCUT2D eigenvalue weighted by atomic mass is 9.99. The normalized spacial score (nSPS) is 27.1. The molecule has 1 fully saturated rings. The molecule has 2 rings (SSSR count). The van der Waals surface area contributed by atoms with E-state index in [1.165, 1.54) is 0 Å². The van der Waals surface area contributed by atoms with Crippen LogP contribution in [-0.4, -0.2) is 25.2 Å². The van der Waals surface area contributed by atoms with E-state index in [1.807, 2.05) is 0 Å². The Labute approximate surface area is 101 Å². The van der Waals surface area contributed by atoms with Gasteiger partial charge in [0.05, 0.1) is 11.7 Å². The topological polar surface area (TPSA) is 71.4 Å². The van der Waals surface area contributed by atoms with E-state index >= 15 is 0 Å². The van der Waals surface area contributed by atoms with E-state index in [4.69, 9.17) is 5.11 Å². The minimum absolute atomic E-state index is 0.261. The average molecular weight is 305 g/mol. The van der Waals surface area contributed by atoms with Gasteiger partial charge >= 0.3 is 5.97 Å². The fourth-order valence-electron chi connectivity index (χ4n) is 1.86. The van der Waals surface area contributed by atoms with Gasteiger partial charge in [-0.15, -0.1) is 0 Å². The second-order valence-electron chi connectivity index (χ2n) is 3.75. The molecule has 1 aliphatic heterocycles. The van der Waals surface area contributed by atoms with Gasteiger partial charge in [-0.25, -0.2) is 8.42 Å². The first-order valence-corrected chi connectivity index (χ1v) is 7.12.